The predicted molar refractivity (Wildman–Crippen MR) is 115 cm³/mol. The van der Waals surface area contributed by atoms with Gasteiger partial charge in [0.15, 0.2) is 10.8 Å². The minimum atomic E-state index is -0.308. The zero-order valence-electron chi connectivity index (χ0n) is 15.3. The van der Waals surface area contributed by atoms with Crippen LogP contribution in [0.25, 0.3) is 16.7 Å². The Hall–Kier alpha value is -3.10. The molecule has 0 saturated heterocycles. The molecule has 0 aliphatic rings. The van der Waals surface area contributed by atoms with Gasteiger partial charge in [-0.05, 0) is 42.8 Å². The lowest BCUT2D eigenvalue weighted by molar-refractivity contribution is -0.113. The third-order valence-electron chi connectivity index (χ3n) is 4.25. The molecule has 4 rings (SSSR count). The van der Waals surface area contributed by atoms with Crippen molar-refractivity contribution in [2.45, 2.75) is 12.1 Å². The molecule has 0 radical (unpaired) electrons. The molecule has 2 heterocycles. The van der Waals surface area contributed by atoms with Gasteiger partial charge >= 0.3 is 0 Å². The molecule has 29 heavy (non-hydrogen) atoms. The van der Waals surface area contributed by atoms with Crippen LogP contribution in [0.1, 0.15) is 5.56 Å². The van der Waals surface area contributed by atoms with Gasteiger partial charge in [-0.3, -0.25) is 9.59 Å². The second-order valence-corrected chi connectivity index (χ2v) is 7.69. The molecule has 0 spiro atoms. The monoisotopic (exact) mass is 425 g/mol. The van der Waals surface area contributed by atoms with Gasteiger partial charge in [0, 0.05) is 10.7 Å². The summed E-state index contributed by atoms with van der Waals surface area (Å²) in [6, 6.07) is 14.6. The van der Waals surface area contributed by atoms with E-state index in [9.17, 15) is 9.59 Å². The quantitative estimate of drug-likeness (QED) is 0.374. The van der Waals surface area contributed by atoms with Gasteiger partial charge < -0.3 is 10.3 Å². The fourth-order valence-corrected chi connectivity index (χ4v) is 3.55. The number of hydrogen-bond donors (Lipinski definition) is 2. The third-order valence-corrected chi connectivity index (χ3v) is 5.37. The van der Waals surface area contributed by atoms with Crippen LogP contribution in [0.15, 0.2) is 64.7 Å². The SMILES string of the molecule is Cc1ccccc1NC(=O)CSc1nc2c(cnn2-c2ccc(Cl)cc2)c(=O)[nH]1. The number of nitrogens with zero attached hydrogens (tertiary/aromatic N) is 3. The Morgan fingerprint density at radius 1 is 1.21 bits per heavy atom. The molecule has 0 atom stereocenters. The lowest BCUT2D eigenvalue weighted by atomic mass is 10.2. The summed E-state index contributed by atoms with van der Waals surface area (Å²) >= 11 is 7.09. The maximum Gasteiger partial charge on any atom is 0.262 e. The first-order valence-electron chi connectivity index (χ1n) is 8.73. The lowest BCUT2D eigenvalue weighted by Gasteiger charge is -2.08. The number of aryl methyl sites for hydroxylation is 1. The molecule has 1 amide bonds. The lowest BCUT2D eigenvalue weighted by Crippen LogP contribution is -2.16. The summed E-state index contributed by atoms with van der Waals surface area (Å²) in [7, 11) is 0. The Bertz CT molecular complexity index is 1250. The molecule has 9 heteroatoms. The van der Waals surface area contributed by atoms with Gasteiger partial charge in [0.05, 0.1) is 17.6 Å². The van der Waals surface area contributed by atoms with E-state index in [1.807, 2.05) is 31.2 Å². The van der Waals surface area contributed by atoms with Crippen LogP contribution in [0.3, 0.4) is 0 Å². The van der Waals surface area contributed by atoms with Gasteiger partial charge in [0.1, 0.15) is 5.39 Å². The van der Waals surface area contributed by atoms with Crippen LogP contribution >= 0.6 is 23.4 Å². The van der Waals surface area contributed by atoms with E-state index in [0.29, 0.717) is 21.2 Å². The molecule has 0 unspecified atom stereocenters. The fraction of sp³-hybridized carbons (Fsp3) is 0.100. The highest BCUT2D eigenvalue weighted by Crippen LogP contribution is 2.20. The van der Waals surface area contributed by atoms with Gasteiger partial charge in [0.2, 0.25) is 5.91 Å². The minimum absolute atomic E-state index is 0.109. The summed E-state index contributed by atoms with van der Waals surface area (Å²) in [5, 5.41) is 8.44. The second-order valence-electron chi connectivity index (χ2n) is 6.29. The topological polar surface area (TPSA) is 92.7 Å². The van der Waals surface area contributed by atoms with Crippen molar-refractivity contribution in [1.29, 1.82) is 0 Å². The molecular formula is C20H16ClN5O2S. The number of aromatic amines is 1. The summed E-state index contributed by atoms with van der Waals surface area (Å²) in [5.74, 6) is -0.0732. The Morgan fingerprint density at radius 3 is 2.72 bits per heavy atom. The van der Waals surface area contributed by atoms with Crippen molar-refractivity contribution in [3.63, 3.8) is 0 Å². The van der Waals surface area contributed by atoms with E-state index in [0.717, 1.165) is 28.7 Å². The van der Waals surface area contributed by atoms with Crippen molar-refractivity contribution < 1.29 is 4.79 Å². The first-order chi connectivity index (χ1) is 14.0. The molecule has 0 saturated carbocycles. The number of fused-ring (bicyclic) bond motifs is 1. The number of rotatable bonds is 5. The molecule has 0 bridgehead atoms. The molecular weight excluding hydrogens is 410 g/mol. The number of carbonyl (C=O) groups is 1. The number of thioether (sulfide) groups is 1. The van der Waals surface area contributed by atoms with Crippen molar-refractivity contribution in [3.05, 3.63) is 75.7 Å². The number of H-pyrrole nitrogens is 1. The highest BCUT2D eigenvalue weighted by Gasteiger charge is 2.13. The molecule has 4 aromatic rings. The zero-order chi connectivity index (χ0) is 20.4. The highest BCUT2D eigenvalue weighted by atomic mass is 35.5. The average Bonchev–Trinajstić information content (AvgIpc) is 3.13. The number of para-hydroxylation sites is 1. The van der Waals surface area contributed by atoms with Gasteiger partial charge in [0.25, 0.3) is 5.56 Å². The first kappa shape index (κ1) is 19.2. The summed E-state index contributed by atoms with van der Waals surface area (Å²) < 4.78 is 1.57. The zero-order valence-corrected chi connectivity index (χ0v) is 16.9. The van der Waals surface area contributed by atoms with Gasteiger partial charge in [-0.15, -0.1) is 0 Å². The van der Waals surface area contributed by atoms with E-state index in [-0.39, 0.29) is 17.2 Å². The molecule has 0 fully saturated rings. The van der Waals surface area contributed by atoms with Crippen LogP contribution in [0.5, 0.6) is 0 Å². The number of amides is 1. The maximum absolute atomic E-state index is 12.4. The van der Waals surface area contributed by atoms with Gasteiger partial charge in [-0.25, -0.2) is 9.67 Å². The van der Waals surface area contributed by atoms with Gasteiger partial charge in [-0.2, -0.15) is 5.10 Å². The van der Waals surface area contributed by atoms with Crippen molar-refractivity contribution in [2.75, 3.05) is 11.1 Å². The first-order valence-corrected chi connectivity index (χ1v) is 10.1. The van der Waals surface area contributed by atoms with Gasteiger partial charge in [-0.1, -0.05) is 41.6 Å². The fourth-order valence-electron chi connectivity index (χ4n) is 2.77. The Balaban J connectivity index is 1.56. The molecule has 0 aliphatic heterocycles. The number of anilines is 1. The molecule has 0 aliphatic carbocycles. The van der Waals surface area contributed by atoms with Crippen LogP contribution in [-0.4, -0.2) is 31.4 Å². The Morgan fingerprint density at radius 2 is 1.97 bits per heavy atom. The average molecular weight is 426 g/mol. The number of hydrogen-bond acceptors (Lipinski definition) is 5. The molecule has 2 aromatic heterocycles. The number of benzene rings is 2. The Labute approximate surface area is 175 Å². The van der Waals surface area contributed by atoms with Crippen molar-refractivity contribution in [3.8, 4) is 5.69 Å². The Kier molecular flexibility index (Phi) is 5.37. The van der Waals surface area contributed by atoms with E-state index >= 15 is 0 Å². The van der Waals surface area contributed by atoms with E-state index in [2.05, 4.69) is 20.4 Å². The van der Waals surface area contributed by atoms with Crippen LogP contribution in [0, 0.1) is 6.92 Å². The van der Waals surface area contributed by atoms with Crippen LogP contribution in [-0.2, 0) is 4.79 Å². The standard InChI is InChI=1S/C20H16ClN5O2S/c1-12-4-2-3-5-16(12)23-17(27)11-29-20-24-18-15(19(28)25-20)10-22-26(18)14-8-6-13(21)7-9-14/h2-10H,11H2,1H3,(H,23,27)(H,24,25,28). The molecule has 2 aromatic carbocycles. The van der Waals surface area contributed by atoms with Crippen LogP contribution < -0.4 is 10.9 Å². The number of nitrogens with one attached hydrogen (secondary N) is 2. The van der Waals surface area contributed by atoms with E-state index in [1.54, 1.807) is 28.9 Å². The number of halogens is 1. The van der Waals surface area contributed by atoms with Crippen molar-refractivity contribution in [1.82, 2.24) is 19.7 Å². The van der Waals surface area contributed by atoms with E-state index in [1.165, 1.54) is 6.20 Å². The molecule has 7 nitrogen and oxygen atoms in total. The summed E-state index contributed by atoms with van der Waals surface area (Å²) in [5.41, 5.74) is 2.58. The van der Waals surface area contributed by atoms with Crippen molar-refractivity contribution in [2.24, 2.45) is 0 Å². The molecule has 146 valence electrons. The third kappa shape index (κ3) is 4.18. The predicted octanol–water partition coefficient (Wildman–Crippen LogP) is 3.80. The van der Waals surface area contributed by atoms with Crippen molar-refractivity contribution >= 4 is 46.0 Å². The van der Waals surface area contributed by atoms with E-state index < -0.39 is 0 Å². The summed E-state index contributed by atoms with van der Waals surface area (Å²) in [4.78, 5) is 31.9. The number of carbonyl (C=O) groups excluding carboxylic acids is 1. The minimum Gasteiger partial charge on any atom is -0.325 e. The number of aromatic nitrogens is 4. The van der Waals surface area contributed by atoms with Crippen LogP contribution in [0.2, 0.25) is 5.02 Å². The molecule has 2 N–H and O–H groups in total. The van der Waals surface area contributed by atoms with Crippen LogP contribution in [0.4, 0.5) is 5.69 Å². The highest BCUT2D eigenvalue weighted by molar-refractivity contribution is 7.99. The summed E-state index contributed by atoms with van der Waals surface area (Å²) in [6.07, 6.45) is 1.47. The smallest absolute Gasteiger partial charge is 0.262 e. The van der Waals surface area contributed by atoms with E-state index in [4.69, 9.17) is 11.6 Å². The summed E-state index contributed by atoms with van der Waals surface area (Å²) in [6.45, 7) is 1.92. The second kappa shape index (κ2) is 8.10. The normalized spacial score (nSPS) is 11.0. The largest absolute Gasteiger partial charge is 0.325 e. The maximum atomic E-state index is 12.4.